The largest absolute Gasteiger partial charge is 0.382 e. The molecular weight excluding hydrogens is 467 g/mol. The molecule has 9 heteroatoms. The van der Waals surface area contributed by atoms with Gasteiger partial charge in [0.2, 0.25) is 5.78 Å². The van der Waals surface area contributed by atoms with E-state index in [2.05, 4.69) is 0 Å². The molecule has 182 valence electrons. The molecule has 1 atom stereocenters. The molecule has 4 rings (SSSR count). The zero-order chi connectivity index (χ0) is 25.3. The normalized spacial score (nSPS) is 17.0. The van der Waals surface area contributed by atoms with Crippen LogP contribution in [-0.4, -0.2) is 61.3 Å². The van der Waals surface area contributed by atoms with Gasteiger partial charge in [0.05, 0.1) is 10.4 Å². The number of aryl methyl sites for hydroxylation is 1. The predicted molar refractivity (Wildman–Crippen MR) is 132 cm³/mol. The maximum absolute atomic E-state index is 13.8. The zero-order valence-corrected chi connectivity index (χ0v) is 20.7. The number of aromatic nitrogens is 1. The third kappa shape index (κ3) is 4.85. The molecule has 0 radical (unpaired) electrons. The van der Waals surface area contributed by atoms with Gasteiger partial charge in [0.15, 0.2) is 0 Å². The van der Waals surface area contributed by atoms with Crippen molar-refractivity contribution < 1.29 is 17.6 Å². The van der Waals surface area contributed by atoms with E-state index in [1.165, 1.54) is 24.4 Å². The number of nitrogens with zero attached hydrogens (tertiary/aromatic N) is 4. The summed E-state index contributed by atoms with van der Waals surface area (Å²) in [6.45, 7) is 3.21. The average molecular weight is 495 g/mol. The van der Waals surface area contributed by atoms with E-state index in [0.717, 1.165) is 15.1 Å². The number of fused-ring (bicyclic) bond motifs is 1. The van der Waals surface area contributed by atoms with E-state index in [9.17, 15) is 22.9 Å². The third-order valence-electron chi connectivity index (χ3n) is 6.05. The molecule has 2 heterocycles. The van der Waals surface area contributed by atoms with Gasteiger partial charge in [0.1, 0.15) is 23.5 Å². The lowest BCUT2D eigenvalue weighted by Gasteiger charge is -2.16. The topological polar surface area (TPSA) is 86.4 Å². The predicted octanol–water partition coefficient (Wildman–Crippen LogP) is 3.88. The van der Waals surface area contributed by atoms with E-state index in [0.29, 0.717) is 37.0 Å². The highest BCUT2D eigenvalue weighted by Crippen LogP contribution is 2.31. The van der Waals surface area contributed by atoms with E-state index in [-0.39, 0.29) is 16.2 Å². The molecule has 0 amide bonds. The first kappa shape index (κ1) is 24.6. The fraction of sp³-hybridized carbons (Fsp3) is 0.308. The van der Waals surface area contributed by atoms with E-state index >= 15 is 0 Å². The lowest BCUT2D eigenvalue weighted by atomic mass is 10.1. The minimum Gasteiger partial charge on any atom is -0.382 e. The van der Waals surface area contributed by atoms with E-state index in [1.54, 1.807) is 43.3 Å². The summed E-state index contributed by atoms with van der Waals surface area (Å²) in [5.41, 5.74) is 1.73. The minimum atomic E-state index is -4.17. The molecule has 1 aliphatic heterocycles. The number of hydrogen-bond acceptors (Lipinski definition) is 6. The highest BCUT2D eigenvalue weighted by atomic mass is 32.2. The maximum Gasteiger partial charge on any atom is 0.268 e. The van der Waals surface area contributed by atoms with Crippen molar-refractivity contribution in [2.75, 3.05) is 27.2 Å². The molecule has 0 N–H and O–H groups in total. The van der Waals surface area contributed by atoms with Gasteiger partial charge in [-0.25, -0.2) is 16.8 Å². The number of carbonyl (C=O) groups excluding carboxylic acids is 1. The molecule has 0 saturated carbocycles. The number of Topliss-reactive ketones (excluding diaryl/α,β-unsaturated/α-hetero) is 1. The van der Waals surface area contributed by atoms with Crippen molar-refractivity contribution in [3.05, 3.63) is 77.1 Å². The van der Waals surface area contributed by atoms with Crippen molar-refractivity contribution in [3.63, 3.8) is 0 Å². The first-order chi connectivity index (χ1) is 16.6. The summed E-state index contributed by atoms with van der Waals surface area (Å²) in [6, 6.07) is 15.0. The van der Waals surface area contributed by atoms with Gasteiger partial charge in [-0.15, -0.1) is 0 Å². The summed E-state index contributed by atoms with van der Waals surface area (Å²) in [4.78, 5) is 17.0. The van der Waals surface area contributed by atoms with Crippen LogP contribution in [-0.2, 0) is 16.6 Å². The fourth-order valence-electron chi connectivity index (χ4n) is 4.34. The van der Waals surface area contributed by atoms with Crippen LogP contribution in [0.3, 0.4) is 0 Å². The molecule has 0 bridgehead atoms. The molecule has 1 saturated heterocycles. The highest BCUT2D eigenvalue weighted by molar-refractivity contribution is 7.90. The Kier molecular flexibility index (Phi) is 6.79. The third-order valence-corrected chi connectivity index (χ3v) is 7.79. The van der Waals surface area contributed by atoms with Gasteiger partial charge in [-0.3, -0.25) is 9.69 Å². The fourth-order valence-corrected chi connectivity index (χ4v) is 5.85. The standard InChI is InChI=1S/C26H27FN4O3S/c1-18-7-9-22(10-8-18)35(33,34)31-24-6-4-5-19(16-30-12-11-21(27)17-30)23(24)13-25(31)26(32)20(14-28)15-29(2)3/h4-10,13,15,21H,11-12,16-17H2,1-3H3/b20-15-/t21-/m1/s1. The molecule has 1 aliphatic rings. The number of allylic oxidation sites excluding steroid dienone is 1. The maximum atomic E-state index is 13.8. The quantitative estimate of drug-likeness (QED) is 0.282. The van der Waals surface area contributed by atoms with Crippen LogP contribution in [0.15, 0.2) is 65.2 Å². The van der Waals surface area contributed by atoms with Crippen molar-refractivity contribution in [1.82, 2.24) is 13.8 Å². The number of hydrogen-bond donors (Lipinski definition) is 0. The number of rotatable bonds is 7. The van der Waals surface area contributed by atoms with Crippen LogP contribution in [0.1, 0.15) is 28.0 Å². The van der Waals surface area contributed by atoms with E-state index in [4.69, 9.17) is 0 Å². The van der Waals surface area contributed by atoms with Crippen LogP contribution in [0.25, 0.3) is 10.9 Å². The Morgan fingerprint density at radius 2 is 1.94 bits per heavy atom. The van der Waals surface area contributed by atoms with Gasteiger partial charge in [-0.1, -0.05) is 29.8 Å². The van der Waals surface area contributed by atoms with Crippen LogP contribution in [0.2, 0.25) is 0 Å². The minimum absolute atomic E-state index is 0.0370. The van der Waals surface area contributed by atoms with Crippen LogP contribution in [0.5, 0.6) is 0 Å². The Hall–Kier alpha value is -3.48. The number of carbonyl (C=O) groups is 1. The van der Waals surface area contributed by atoms with Crippen LogP contribution >= 0.6 is 0 Å². The van der Waals surface area contributed by atoms with Gasteiger partial charge in [-0.2, -0.15) is 5.26 Å². The summed E-state index contributed by atoms with van der Waals surface area (Å²) < 4.78 is 42.4. The molecule has 3 aromatic rings. The van der Waals surface area contributed by atoms with Crippen LogP contribution < -0.4 is 0 Å². The highest BCUT2D eigenvalue weighted by Gasteiger charge is 2.30. The van der Waals surface area contributed by atoms with Crippen LogP contribution in [0.4, 0.5) is 4.39 Å². The summed E-state index contributed by atoms with van der Waals surface area (Å²) in [7, 11) is -0.813. The number of alkyl halides is 1. The smallest absolute Gasteiger partial charge is 0.268 e. The second-order valence-electron chi connectivity index (χ2n) is 9.03. The van der Waals surface area contributed by atoms with Gasteiger partial charge >= 0.3 is 0 Å². The number of nitriles is 1. The molecule has 0 aliphatic carbocycles. The Labute approximate surface area is 204 Å². The van der Waals surface area contributed by atoms with Crippen molar-refractivity contribution in [1.29, 1.82) is 5.26 Å². The summed E-state index contributed by atoms with van der Waals surface area (Å²) in [6.07, 6.45) is 0.950. The van der Waals surface area contributed by atoms with Crippen molar-refractivity contribution in [2.45, 2.75) is 31.0 Å². The van der Waals surface area contributed by atoms with E-state index < -0.39 is 22.0 Å². The Morgan fingerprint density at radius 3 is 2.54 bits per heavy atom. The Bertz CT molecular complexity index is 1450. The lowest BCUT2D eigenvalue weighted by Crippen LogP contribution is -2.20. The van der Waals surface area contributed by atoms with Crippen molar-refractivity contribution in [2.24, 2.45) is 0 Å². The summed E-state index contributed by atoms with van der Waals surface area (Å²) in [5, 5.41) is 10.2. The monoisotopic (exact) mass is 494 g/mol. The molecule has 0 spiro atoms. The molecule has 0 unspecified atom stereocenters. The second kappa shape index (κ2) is 9.64. The van der Waals surface area contributed by atoms with Gasteiger partial charge < -0.3 is 4.90 Å². The van der Waals surface area contributed by atoms with Crippen LogP contribution in [0, 0.1) is 18.3 Å². The number of likely N-dealkylation sites (tertiary alicyclic amines) is 1. The first-order valence-corrected chi connectivity index (χ1v) is 12.7. The summed E-state index contributed by atoms with van der Waals surface area (Å²) in [5.74, 6) is -0.691. The van der Waals surface area contributed by atoms with Crippen molar-refractivity contribution >= 4 is 26.7 Å². The SMILES string of the molecule is Cc1ccc(S(=O)(=O)n2c(C(=O)/C(C#N)=C\N(C)C)cc3c(CN4CC[C@@H](F)C4)cccc32)cc1. The number of benzene rings is 2. The zero-order valence-electron chi connectivity index (χ0n) is 19.9. The lowest BCUT2D eigenvalue weighted by molar-refractivity contribution is 0.103. The number of ketones is 1. The molecule has 35 heavy (non-hydrogen) atoms. The molecule has 2 aromatic carbocycles. The van der Waals surface area contributed by atoms with Gasteiger partial charge in [0, 0.05) is 45.3 Å². The van der Waals surface area contributed by atoms with Gasteiger partial charge in [0.25, 0.3) is 10.0 Å². The summed E-state index contributed by atoms with van der Waals surface area (Å²) >= 11 is 0. The number of halogens is 1. The average Bonchev–Trinajstić information content (AvgIpc) is 3.41. The molecule has 7 nitrogen and oxygen atoms in total. The van der Waals surface area contributed by atoms with E-state index in [1.807, 2.05) is 24.0 Å². The molecular formula is C26H27FN4O3S. The first-order valence-electron chi connectivity index (χ1n) is 11.3. The second-order valence-corrected chi connectivity index (χ2v) is 10.8. The molecule has 1 aromatic heterocycles. The Balaban J connectivity index is 1.94. The Morgan fingerprint density at radius 1 is 1.23 bits per heavy atom. The van der Waals surface area contributed by atoms with Crippen molar-refractivity contribution in [3.8, 4) is 6.07 Å². The van der Waals surface area contributed by atoms with Gasteiger partial charge in [-0.05, 0) is 43.2 Å². The molecule has 1 fully saturated rings.